The van der Waals surface area contributed by atoms with Gasteiger partial charge in [-0.2, -0.15) is 0 Å². The van der Waals surface area contributed by atoms with E-state index in [0.717, 1.165) is 53.3 Å². The third-order valence-corrected chi connectivity index (χ3v) is 8.09. The van der Waals surface area contributed by atoms with Gasteiger partial charge in [-0.15, -0.1) is 0 Å². The van der Waals surface area contributed by atoms with Crippen molar-refractivity contribution in [1.29, 1.82) is 0 Å². The number of ether oxygens (including phenoxy) is 3. The summed E-state index contributed by atoms with van der Waals surface area (Å²) in [6.45, 7) is 6.12. The van der Waals surface area contributed by atoms with E-state index in [9.17, 15) is 4.79 Å². The van der Waals surface area contributed by atoms with Crippen molar-refractivity contribution in [1.82, 2.24) is 4.90 Å². The lowest BCUT2D eigenvalue weighted by Crippen LogP contribution is -2.36. The number of thioether (sulfide) groups is 1. The quantitative estimate of drug-likeness (QED) is 0.272. The number of carbonyl (C=O) groups is 1. The van der Waals surface area contributed by atoms with Crippen LogP contribution < -0.4 is 14.4 Å². The lowest BCUT2D eigenvalue weighted by Gasteiger charge is -2.28. The Balaban J connectivity index is 1.34. The zero-order chi connectivity index (χ0) is 27.2. The fourth-order valence-electron chi connectivity index (χ4n) is 4.24. The Morgan fingerprint density at radius 3 is 2.46 bits per heavy atom. The fourth-order valence-corrected chi connectivity index (χ4v) is 5.66. The Bertz CT molecular complexity index is 1370. The summed E-state index contributed by atoms with van der Waals surface area (Å²) in [5.41, 5.74) is 3.85. The zero-order valence-electron chi connectivity index (χ0n) is 21.9. The van der Waals surface area contributed by atoms with Crippen LogP contribution in [0.1, 0.15) is 18.1 Å². The lowest BCUT2D eigenvalue weighted by atomic mass is 10.1. The summed E-state index contributed by atoms with van der Waals surface area (Å²) in [4.78, 5) is 22.3. The number of rotatable bonds is 8. The van der Waals surface area contributed by atoms with E-state index in [1.165, 1.54) is 11.8 Å². The van der Waals surface area contributed by atoms with Crippen molar-refractivity contribution < 1.29 is 19.0 Å². The first-order valence-corrected chi connectivity index (χ1v) is 14.4. The second-order valence-corrected chi connectivity index (χ2v) is 10.9. The molecule has 2 aliphatic heterocycles. The summed E-state index contributed by atoms with van der Waals surface area (Å²) in [6, 6.07) is 21.9. The number of halogens is 1. The number of aliphatic imine (C=N–C) groups is 1. The number of likely N-dealkylation sites (N-methyl/N-ethyl adjacent to an activating group) is 1. The van der Waals surface area contributed by atoms with Gasteiger partial charge >= 0.3 is 0 Å². The molecular formula is C30H30BrN3O4S. The Hall–Kier alpha value is -3.27. The van der Waals surface area contributed by atoms with Crippen molar-refractivity contribution in [2.75, 3.05) is 44.9 Å². The topological polar surface area (TPSA) is 63.6 Å². The monoisotopic (exact) mass is 607 g/mol. The van der Waals surface area contributed by atoms with E-state index >= 15 is 0 Å². The number of benzene rings is 3. The molecule has 7 nitrogen and oxygen atoms in total. The molecule has 2 heterocycles. The van der Waals surface area contributed by atoms with Gasteiger partial charge in [0.15, 0.2) is 16.7 Å². The molecule has 2 fully saturated rings. The van der Waals surface area contributed by atoms with E-state index in [2.05, 4.69) is 33.0 Å². The summed E-state index contributed by atoms with van der Waals surface area (Å²) in [5.74, 6) is 1.17. The Morgan fingerprint density at radius 2 is 1.74 bits per heavy atom. The minimum atomic E-state index is -0.0991. The van der Waals surface area contributed by atoms with Crippen LogP contribution in [0.4, 0.5) is 11.4 Å². The molecule has 0 saturated carbocycles. The van der Waals surface area contributed by atoms with Gasteiger partial charge in [-0.25, -0.2) is 4.99 Å². The van der Waals surface area contributed by atoms with Crippen molar-refractivity contribution in [3.63, 3.8) is 0 Å². The molecule has 0 unspecified atom stereocenters. The molecule has 0 atom stereocenters. The molecule has 3 aromatic rings. The summed E-state index contributed by atoms with van der Waals surface area (Å²) in [5, 5.41) is 0.634. The predicted octanol–water partition coefficient (Wildman–Crippen LogP) is 6.50. The molecule has 0 aromatic heterocycles. The van der Waals surface area contributed by atoms with Gasteiger partial charge in [0.2, 0.25) is 0 Å². The van der Waals surface area contributed by atoms with E-state index in [1.54, 1.807) is 11.9 Å². The van der Waals surface area contributed by atoms with Crippen LogP contribution in [0.2, 0.25) is 0 Å². The van der Waals surface area contributed by atoms with Crippen LogP contribution in [-0.4, -0.2) is 55.9 Å². The molecule has 0 N–H and O–H groups in total. The van der Waals surface area contributed by atoms with Gasteiger partial charge in [0.1, 0.15) is 6.61 Å². The number of morpholine rings is 1. The highest BCUT2D eigenvalue weighted by Crippen LogP contribution is 2.39. The number of amidine groups is 1. The van der Waals surface area contributed by atoms with Crippen molar-refractivity contribution >= 4 is 56.2 Å². The molecule has 5 rings (SSSR count). The van der Waals surface area contributed by atoms with Gasteiger partial charge in [0, 0.05) is 30.3 Å². The van der Waals surface area contributed by atoms with Crippen LogP contribution in [0, 0.1) is 0 Å². The van der Waals surface area contributed by atoms with Gasteiger partial charge in [0.05, 0.1) is 30.4 Å². The van der Waals surface area contributed by atoms with Crippen LogP contribution in [0.5, 0.6) is 11.5 Å². The van der Waals surface area contributed by atoms with Crippen LogP contribution >= 0.6 is 27.7 Å². The Labute approximate surface area is 241 Å². The Morgan fingerprint density at radius 1 is 1.03 bits per heavy atom. The van der Waals surface area contributed by atoms with Gasteiger partial charge < -0.3 is 19.1 Å². The minimum absolute atomic E-state index is 0.0991. The number of carbonyl (C=O) groups excluding carboxylic acids is 1. The standard InChI is InChI=1S/C30H30BrN3O4S/c1-3-37-26-17-22(25(31)19-27(26)38-20-21-7-5-4-6-8-21)18-28-29(35)33(2)30(39-28)32-23-9-11-24(12-10-23)34-13-15-36-16-14-34/h4-12,17-19H,3,13-16,20H2,1-2H3/b28-18-,32-30?. The molecule has 0 aliphatic carbocycles. The summed E-state index contributed by atoms with van der Waals surface area (Å²) >= 11 is 5.01. The smallest absolute Gasteiger partial charge is 0.266 e. The van der Waals surface area contributed by atoms with Gasteiger partial charge in [-0.1, -0.05) is 46.3 Å². The SMILES string of the molecule is CCOc1cc(/C=C2\SC(=Nc3ccc(N4CCOCC4)cc3)N(C)C2=O)c(Br)cc1OCc1ccccc1. The van der Waals surface area contributed by atoms with E-state index < -0.39 is 0 Å². The van der Waals surface area contributed by atoms with Crippen LogP contribution in [-0.2, 0) is 16.1 Å². The van der Waals surface area contributed by atoms with Gasteiger partial charge in [-0.3, -0.25) is 9.69 Å². The highest BCUT2D eigenvalue weighted by atomic mass is 79.9. The third-order valence-electron chi connectivity index (χ3n) is 6.34. The predicted molar refractivity (Wildman–Crippen MR) is 161 cm³/mol. The summed E-state index contributed by atoms with van der Waals surface area (Å²) in [7, 11) is 1.75. The number of hydrogen-bond acceptors (Lipinski definition) is 7. The van der Waals surface area contributed by atoms with E-state index in [0.29, 0.717) is 34.8 Å². The maximum absolute atomic E-state index is 13.1. The van der Waals surface area contributed by atoms with Crippen LogP contribution in [0.3, 0.4) is 0 Å². The fraction of sp³-hybridized carbons (Fsp3) is 0.267. The lowest BCUT2D eigenvalue weighted by molar-refractivity contribution is -0.121. The maximum Gasteiger partial charge on any atom is 0.266 e. The Kier molecular flexibility index (Phi) is 8.91. The third kappa shape index (κ3) is 6.66. The average molecular weight is 609 g/mol. The minimum Gasteiger partial charge on any atom is -0.490 e. The van der Waals surface area contributed by atoms with Crippen molar-refractivity contribution in [2.24, 2.45) is 4.99 Å². The normalized spacial score (nSPS) is 17.8. The number of nitrogens with zero attached hydrogens (tertiary/aromatic N) is 3. The number of hydrogen-bond donors (Lipinski definition) is 0. The first-order chi connectivity index (χ1) is 19.0. The van der Waals surface area contributed by atoms with Gasteiger partial charge in [0.25, 0.3) is 5.91 Å². The second kappa shape index (κ2) is 12.7. The van der Waals surface area contributed by atoms with Crippen molar-refractivity contribution in [3.05, 3.63) is 87.2 Å². The first kappa shape index (κ1) is 27.3. The highest BCUT2D eigenvalue weighted by Gasteiger charge is 2.30. The van der Waals surface area contributed by atoms with E-state index in [1.807, 2.05) is 67.6 Å². The van der Waals surface area contributed by atoms with Crippen molar-refractivity contribution in [2.45, 2.75) is 13.5 Å². The molecule has 202 valence electrons. The van der Waals surface area contributed by atoms with Crippen LogP contribution in [0.25, 0.3) is 6.08 Å². The number of amides is 1. The molecule has 3 aromatic carbocycles. The molecular weight excluding hydrogens is 578 g/mol. The number of anilines is 1. The van der Waals surface area contributed by atoms with E-state index in [4.69, 9.17) is 19.2 Å². The maximum atomic E-state index is 13.1. The van der Waals surface area contributed by atoms with Crippen LogP contribution in [0.15, 0.2) is 81.1 Å². The summed E-state index contributed by atoms with van der Waals surface area (Å²) < 4.78 is 18.2. The van der Waals surface area contributed by atoms with Gasteiger partial charge in [-0.05, 0) is 72.3 Å². The molecule has 9 heteroatoms. The molecule has 0 bridgehead atoms. The molecule has 39 heavy (non-hydrogen) atoms. The largest absolute Gasteiger partial charge is 0.490 e. The molecule has 2 saturated heterocycles. The highest BCUT2D eigenvalue weighted by molar-refractivity contribution is 9.10. The molecule has 0 radical (unpaired) electrons. The van der Waals surface area contributed by atoms with Crippen molar-refractivity contribution in [3.8, 4) is 11.5 Å². The molecule has 2 aliphatic rings. The average Bonchev–Trinajstić information content (AvgIpc) is 3.23. The second-order valence-electron chi connectivity index (χ2n) is 9.01. The van der Waals surface area contributed by atoms with E-state index in [-0.39, 0.29) is 5.91 Å². The molecule has 0 spiro atoms. The first-order valence-electron chi connectivity index (χ1n) is 12.8. The zero-order valence-corrected chi connectivity index (χ0v) is 24.3. The molecule has 1 amide bonds. The summed E-state index contributed by atoms with van der Waals surface area (Å²) in [6.07, 6.45) is 1.86.